The quantitative estimate of drug-likeness (QED) is 0.811. The number of pyridine rings is 1. The number of hydrogen-bond acceptors (Lipinski definition) is 5. The minimum absolute atomic E-state index is 0.110. The third kappa shape index (κ3) is 3.03. The number of hydrogen-bond donors (Lipinski definition) is 0. The molecule has 0 spiro atoms. The van der Waals surface area contributed by atoms with E-state index < -0.39 is 0 Å². The molecular weight excluding hydrogens is 306 g/mol. The van der Waals surface area contributed by atoms with Crippen molar-refractivity contribution in [3.05, 3.63) is 59.4 Å². The molecule has 122 valence electrons. The summed E-state index contributed by atoms with van der Waals surface area (Å²) < 4.78 is 4.99. The molecule has 2 heterocycles. The lowest BCUT2D eigenvalue weighted by atomic mass is 10.1. The lowest BCUT2D eigenvalue weighted by Gasteiger charge is -2.15. The minimum Gasteiger partial charge on any atom is -0.462 e. The van der Waals surface area contributed by atoms with E-state index in [0.717, 1.165) is 11.1 Å². The fourth-order valence-electron chi connectivity index (χ4n) is 2.55. The molecule has 6 heteroatoms. The Labute approximate surface area is 139 Å². The van der Waals surface area contributed by atoms with Gasteiger partial charge in [-0.15, -0.1) is 0 Å². The zero-order chi connectivity index (χ0) is 17.1. The van der Waals surface area contributed by atoms with Crippen molar-refractivity contribution in [1.29, 1.82) is 0 Å². The van der Waals surface area contributed by atoms with Crippen LogP contribution in [-0.4, -0.2) is 29.2 Å². The number of amides is 1. The first-order valence-electron chi connectivity index (χ1n) is 7.68. The standard InChI is InChI=1S/C18H17N3O3/c1-3-24-18(23)13-6-7-16(12(2)9-13)21-17(22)10-15(20-21)14-5-4-8-19-11-14/h4-9,11H,3,10H2,1-2H3. The van der Waals surface area contributed by atoms with E-state index in [-0.39, 0.29) is 18.3 Å². The molecule has 0 radical (unpaired) electrons. The van der Waals surface area contributed by atoms with E-state index in [2.05, 4.69) is 10.1 Å². The number of ether oxygens (including phenoxy) is 1. The molecule has 0 unspecified atom stereocenters. The number of carbonyl (C=O) groups excluding carboxylic acids is 2. The van der Waals surface area contributed by atoms with Crippen LogP contribution >= 0.6 is 0 Å². The summed E-state index contributed by atoms with van der Waals surface area (Å²) in [7, 11) is 0. The molecule has 0 aliphatic carbocycles. The second-order valence-corrected chi connectivity index (χ2v) is 5.39. The lowest BCUT2D eigenvalue weighted by molar-refractivity contribution is -0.116. The van der Waals surface area contributed by atoms with Crippen LogP contribution in [0.2, 0.25) is 0 Å². The Morgan fingerprint density at radius 2 is 2.17 bits per heavy atom. The number of aromatic nitrogens is 1. The molecular formula is C18H17N3O3. The van der Waals surface area contributed by atoms with E-state index in [9.17, 15) is 9.59 Å². The molecule has 0 N–H and O–H groups in total. The van der Waals surface area contributed by atoms with Crippen molar-refractivity contribution in [2.45, 2.75) is 20.3 Å². The first-order valence-corrected chi connectivity index (χ1v) is 7.68. The van der Waals surface area contributed by atoms with Crippen LogP contribution < -0.4 is 5.01 Å². The third-order valence-electron chi connectivity index (χ3n) is 3.71. The zero-order valence-electron chi connectivity index (χ0n) is 13.5. The van der Waals surface area contributed by atoms with Crippen LogP contribution in [0.25, 0.3) is 0 Å². The van der Waals surface area contributed by atoms with E-state index in [0.29, 0.717) is 23.6 Å². The molecule has 0 atom stereocenters. The van der Waals surface area contributed by atoms with Crippen molar-refractivity contribution < 1.29 is 14.3 Å². The van der Waals surface area contributed by atoms with Crippen molar-refractivity contribution in [2.24, 2.45) is 5.10 Å². The van der Waals surface area contributed by atoms with Gasteiger partial charge in [0.25, 0.3) is 5.91 Å². The Hall–Kier alpha value is -3.02. The number of aryl methyl sites for hydroxylation is 1. The minimum atomic E-state index is -0.376. The third-order valence-corrected chi connectivity index (χ3v) is 3.71. The number of rotatable bonds is 4. The van der Waals surface area contributed by atoms with Gasteiger partial charge < -0.3 is 4.74 Å². The van der Waals surface area contributed by atoms with Crippen LogP contribution in [0.3, 0.4) is 0 Å². The highest BCUT2D eigenvalue weighted by molar-refractivity contribution is 6.19. The molecule has 6 nitrogen and oxygen atoms in total. The monoisotopic (exact) mass is 323 g/mol. The largest absolute Gasteiger partial charge is 0.462 e. The Bertz CT molecular complexity index is 816. The van der Waals surface area contributed by atoms with Gasteiger partial charge in [-0.1, -0.05) is 0 Å². The molecule has 1 amide bonds. The van der Waals surface area contributed by atoms with Gasteiger partial charge in [-0.3, -0.25) is 9.78 Å². The van der Waals surface area contributed by atoms with Crippen molar-refractivity contribution in [3.8, 4) is 0 Å². The lowest BCUT2D eigenvalue weighted by Crippen LogP contribution is -2.20. The topological polar surface area (TPSA) is 71.9 Å². The number of anilines is 1. The maximum atomic E-state index is 12.3. The first-order chi connectivity index (χ1) is 11.6. The second kappa shape index (κ2) is 6.62. The number of hydrazone groups is 1. The smallest absolute Gasteiger partial charge is 0.338 e. The van der Waals surface area contributed by atoms with E-state index in [4.69, 9.17) is 4.74 Å². The van der Waals surface area contributed by atoms with Crippen LogP contribution in [-0.2, 0) is 9.53 Å². The van der Waals surface area contributed by atoms with Crippen LogP contribution in [0.1, 0.15) is 34.8 Å². The van der Waals surface area contributed by atoms with Crippen LogP contribution in [0.5, 0.6) is 0 Å². The molecule has 0 fully saturated rings. The van der Waals surface area contributed by atoms with Gasteiger partial charge in [0.1, 0.15) is 0 Å². The molecule has 2 aromatic rings. The Kier molecular flexibility index (Phi) is 4.37. The van der Waals surface area contributed by atoms with Gasteiger partial charge in [0.15, 0.2) is 0 Å². The summed E-state index contributed by atoms with van der Waals surface area (Å²) in [4.78, 5) is 28.2. The number of nitrogens with zero attached hydrogens (tertiary/aromatic N) is 3. The zero-order valence-corrected chi connectivity index (χ0v) is 13.5. The Balaban J connectivity index is 1.90. The Morgan fingerprint density at radius 3 is 2.83 bits per heavy atom. The summed E-state index contributed by atoms with van der Waals surface area (Å²) in [6.07, 6.45) is 3.59. The van der Waals surface area contributed by atoms with Gasteiger partial charge >= 0.3 is 5.97 Å². The van der Waals surface area contributed by atoms with Crippen LogP contribution in [0.4, 0.5) is 5.69 Å². The summed E-state index contributed by atoms with van der Waals surface area (Å²) in [5.74, 6) is -0.486. The first kappa shape index (κ1) is 15.9. The molecule has 0 saturated heterocycles. The fraction of sp³-hybridized carbons (Fsp3) is 0.222. The summed E-state index contributed by atoms with van der Waals surface area (Å²) in [6, 6.07) is 8.75. The van der Waals surface area contributed by atoms with Crippen molar-refractivity contribution >= 4 is 23.3 Å². The van der Waals surface area contributed by atoms with Crippen LogP contribution in [0.15, 0.2) is 47.8 Å². The average molecular weight is 323 g/mol. The van der Waals surface area contributed by atoms with Crippen molar-refractivity contribution in [2.75, 3.05) is 11.6 Å². The van der Waals surface area contributed by atoms with Crippen molar-refractivity contribution in [1.82, 2.24) is 4.98 Å². The Morgan fingerprint density at radius 1 is 1.33 bits per heavy atom. The fourth-order valence-corrected chi connectivity index (χ4v) is 2.55. The molecule has 1 aliphatic rings. The van der Waals surface area contributed by atoms with E-state index in [1.54, 1.807) is 37.5 Å². The van der Waals surface area contributed by atoms with E-state index >= 15 is 0 Å². The number of benzene rings is 1. The number of esters is 1. The van der Waals surface area contributed by atoms with Gasteiger partial charge in [-0.25, -0.2) is 4.79 Å². The molecule has 0 saturated carbocycles. The highest BCUT2D eigenvalue weighted by atomic mass is 16.5. The van der Waals surface area contributed by atoms with Gasteiger partial charge in [0, 0.05) is 18.0 Å². The molecule has 1 aliphatic heterocycles. The van der Waals surface area contributed by atoms with E-state index in [1.165, 1.54) is 5.01 Å². The maximum Gasteiger partial charge on any atom is 0.338 e. The highest BCUT2D eigenvalue weighted by Gasteiger charge is 2.27. The molecule has 1 aromatic heterocycles. The average Bonchev–Trinajstić information content (AvgIpc) is 2.97. The van der Waals surface area contributed by atoms with E-state index in [1.807, 2.05) is 19.1 Å². The van der Waals surface area contributed by atoms with Gasteiger partial charge in [0.2, 0.25) is 0 Å². The SMILES string of the molecule is CCOC(=O)c1ccc(N2N=C(c3cccnc3)CC2=O)c(C)c1. The summed E-state index contributed by atoms with van der Waals surface area (Å²) >= 11 is 0. The molecule has 24 heavy (non-hydrogen) atoms. The summed E-state index contributed by atoms with van der Waals surface area (Å²) in [5, 5.41) is 5.81. The summed E-state index contributed by atoms with van der Waals surface area (Å²) in [6.45, 7) is 3.92. The second-order valence-electron chi connectivity index (χ2n) is 5.39. The summed E-state index contributed by atoms with van der Waals surface area (Å²) in [5.41, 5.74) is 3.41. The predicted octanol–water partition coefficient (Wildman–Crippen LogP) is 2.71. The number of carbonyl (C=O) groups is 2. The van der Waals surface area contributed by atoms with Gasteiger partial charge in [-0.05, 0) is 49.7 Å². The maximum absolute atomic E-state index is 12.3. The van der Waals surface area contributed by atoms with Gasteiger partial charge in [-0.2, -0.15) is 10.1 Å². The van der Waals surface area contributed by atoms with Gasteiger partial charge in [0.05, 0.1) is 30.0 Å². The predicted molar refractivity (Wildman–Crippen MR) is 90.0 cm³/mol. The van der Waals surface area contributed by atoms with Crippen molar-refractivity contribution in [3.63, 3.8) is 0 Å². The van der Waals surface area contributed by atoms with Crippen LogP contribution in [0, 0.1) is 6.92 Å². The molecule has 0 bridgehead atoms. The normalized spacial score (nSPS) is 13.8. The molecule has 3 rings (SSSR count). The molecule has 1 aromatic carbocycles. The highest BCUT2D eigenvalue weighted by Crippen LogP contribution is 2.27.